The number of aromatic nitrogens is 3. The van der Waals surface area contributed by atoms with Crippen LogP contribution in [0, 0.1) is 6.57 Å². The Hall–Kier alpha value is -2.45. The third kappa shape index (κ3) is 2.10. The van der Waals surface area contributed by atoms with Gasteiger partial charge in [-0.05, 0) is 6.92 Å². The summed E-state index contributed by atoms with van der Waals surface area (Å²) >= 11 is 0. The minimum atomic E-state index is -1.72. The fourth-order valence-corrected chi connectivity index (χ4v) is 2.83. The van der Waals surface area contributed by atoms with Crippen LogP contribution in [0.1, 0.15) is 13.2 Å². The zero-order valence-electron chi connectivity index (χ0n) is 12.2. The predicted octanol–water partition coefficient (Wildman–Crippen LogP) is -0.852. The van der Waals surface area contributed by atoms with Crippen LogP contribution in [0.4, 0.5) is 17.5 Å². The molecule has 7 N–H and O–H groups in total. The summed E-state index contributed by atoms with van der Waals surface area (Å²) in [4.78, 5) is 11.3. The van der Waals surface area contributed by atoms with Gasteiger partial charge in [0.25, 0.3) is 0 Å². The molecule has 1 fully saturated rings. The third-order valence-electron chi connectivity index (χ3n) is 4.00. The van der Waals surface area contributed by atoms with E-state index in [1.54, 1.807) is 0 Å². The van der Waals surface area contributed by atoms with E-state index in [0.29, 0.717) is 0 Å². The molecule has 3 rings (SSSR count). The molecule has 0 saturated carbocycles. The second-order valence-electron chi connectivity index (χ2n) is 5.58. The monoisotopic (exact) mass is 320 g/mol. The van der Waals surface area contributed by atoms with Crippen molar-refractivity contribution in [2.75, 3.05) is 18.1 Å². The lowest BCUT2D eigenvalue weighted by Gasteiger charge is -2.27. The van der Waals surface area contributed by atoms with E-state index in [-0.39, 0.29) is 28.5 Å². The number of hydrogen-bond acceptors (Lipinski definition) is 8. The van der Waals surface area contributed by atoms with Gasteiger partial charge in [-0.1, -0.05) is 0 Å². The first-order valence-electron chi connectivity index (χ1n) is 6.79. The van der Waals surface area contributed by atoms with Crippen molar-refractivity contribution in [3.05, 3.63) is 17.6 Å². The molecule has 3 heterocycles. The largest absolute Gasteiger partial charge is 0.394 e. The Morgan fingerprint density at radius 3 is 2.74 bits per heavy atom. The normalized spacial score (nSPS) is 30.7. The van der Waals surface area contributed by atoms with Gasteiger partial charge in [-0.2, -0.15) is 9.97 Å². The first-order chi connectivity index (χ1) is 10.8. The maximum atomic E-state index is 10.6. The van der Waals surface area contributed by atoms with E-state index in [9.17, 15) is 15.3 Å². The van der Waals surface area contributed by atoms with Gasteiger partial charge >= 0.3 is 0 Å². The molecule has 2 aromatic rings. The molecule has 2 aromatic heterocycles. The summed E-state index contributed by atoms with van der Waals surface area (Å²) in [5, 5.41) is 30.2. The summed E-state index contributed by atoms with van der Waals surface area (Å²) in [6.45, 7) is 8.15. The van der Waals surface area contributed by atoms with Crippen molar-refractivity contribution >= 4 is 28.5 Å². The van der Waals surface area contributed by atoms with Crippen LogP contribution in [-0.4, -0.2) is 54.3 Å². The van der Waals surface area contributed by atoms with Crippen molar-refractivity contribution in [3.8, 4) is 0 Å². The van der Waals surface area contributed by atoms with Gasteiger partial charge in [0.05, 0.1) is 18.6 Å². The first kappa shape index (κ1) is 15.4. The fraction of sp³-hybridized carbons (Fsp3) is 0.462. The Balaban J connectivity index is 2.23. The maximum absolute atomic E-state index is 10.6. The van der Waals surface area contributed by atoms with Crippen molar-refractivity contribution in [1.29, 1.82) is 0 Å². The number of aliphatic hydroxyl groups is 3. The van der Waals surface area contributed by atoms with Crippen molar-refractivity contribution in [2.45, 2.75) is 31.0 Å². The molecule has 1 unspecified atom stereocenters. The molecule has 10 nitrogen and oxygen atoms in total. The van der Waals surface area contributed by atoms with Crippen LogP contribution in [-0.2, 0) is 4.74 Å². The highest BCUT2D eigenvalue weighted by Gasteiger charge is 2.53. The van der Waals surface area contributed by atoms with E-state index in [0.717, 1.165) is 0 Å². The number of aliphatic hydroxyl groups excluding tert-OH is 2. The highest BCUT2D eigenvalue weighted by atomic mass is 16.6. The smallest absolute Gasteiger partial charge is 0.223 e. The number of nitrogens with zero attached hydrogens (tertiary/aromatic N) is 4. The summed E-state index contributed by atoms with van der Waals surface area (Å²) in [7, 11) is 0. The van der Waals surface area contributed by atoms with Crippen molar-refractivity contribution in [2.24, 2.45) is 0 Å². The molecule has 0 bridgehead atoms. The van der Waals surface area contributed by atoms with Gasteiger partial charge in [-0.15, -0.1) is 0 Å². The molecule has 10 heteroatoms. The van der Waals surface area contributed by atoms with E-state index >= 15 is 0 Å². The Morgan fingerprint density at radius 2 is 2.17 bits per heavy atom. The SMILES string of the molecule is [C-]#[N+]c1cn([C@@H]2O[C@H](CO)C(O)[C@]2(C)O)c2nc(N)nc(N)c12. The lowest BCUT2D eigenvalue weighted by atomic mass is 9.96. The summed E-state index contributed by atoms with van der Waals surface area (Å²) in [6.07, 6.45) is -1.97. The summed E-state index contributed by atoms with van der Waals surface area (Å²) in [6, 6.07) is 0. The molecular formula is C13H16N6O4. The Labute approximate surface area is 130 Å². The average Bonchev–Trinajstić information content (AvgIpc) is 2.95. The lowest BCUT2D eigenvalue weighted by molar-refractivity contribution is -0.0947. The number of ether oxygens (including phenoxy) is 1. The van der Waals surface area contributed by atoms with Gasteiger partial charge in [-0.3, -0.25) is 0 Å². The second kappa shape index (κ2) is 5.04. The summed E-state index contributed by atoms with van der Waals surface area (Å²) in [5.74, 6) is -0.0584. The Kier molecular flexibility index (Phi) is 3.38. The van der Waals surface area contributed by atoms with E-state index in [1.807, 2.05) is 0 Å². The summed E-state index contributed by atoms with van der Waals surface area (Å²) in [5.41, 5.74) is 10.1. The highest BCUT2D eigenvalue weighted by Crippen LogP contribution is 2.42. The Bertz CT molecular complexity index is 811. The number of hydrogen-bond donors (Lipinski definition) is 5. The molecule has 1 saturated heterocycles. The minimum Gasteiger partial charge on any atom is -0.394 e. The first-order valence-corrected chi connectivity index (χ1v) is 6.79. The van der Waals surface area contributed by atoms with Gasteiger partial charge in [0, 0.05) is 6.20 Å². The molecule has 122 valence electrons. The topological polar surface area (TPSA) is 157 Å². The number of nitrogens with two attached hydrogens (primary N) is 2. The van der Waals surface area contributed by atoms with Crippen molar-refractivity contribution in [1.82, 2.24) is 14.5 Å². The fourth-order valence-electron chi connectivity index (χ4n) is 2.83. The van der Waals surface area contributed by atoms with Crippen molar-refractivity contribution in [3.63, 3.8) is 0 Å². The van der Waals surface area contributed by atoms with E-state index in [4.69, 9.17) is 22.8 Å². The van der Waals surface area contributed by atoms with Crippen LogP contribution >= 0.6 is 0 Å². The second-order valence-corrected chi connectivity index (χ2v) is 5.58. The van der Waals surface area contributed by atoms with Gasteiger partial charge in [0.15, 0.2) is 6.23 Å². The van der Waals surface area contributed by atoms with Gasteiger partial charge in [-0.25, -0.2) is 4.85 Å². The van der Waals surface area contributed by atoms with Gasteiger partial charge in [0.2, 0.25) is 11.6 Å². The van der Waals surface area contributed by atoms with E-state index in [2.05, 4.69) is 14.8 Å². The Morgan fingerprint density at radius 1 is 1.48 bits per heavy atom. The van der Waals surface area contributed by atoms with Crippen LogP contribution in [0.15, 0.2) is 6.20 Å². The van der Waals surface area contributed by atoms with E-state index in [1.165, 1.54) is 17.7 Å². The number of fused-ring (bicyclic) bond motifs is 1. The summed E-state index contributed by atoms with van der Waals surface area (Å²) < 4.78 is 6.91. The van der Waals surface area contributed by atoms with E-state index < -0.39 is 30.6 Å². The van der Waals surface area contributed by atoms with Crippen LogP contribution < -0.4 is 11.5 Å². The molecular weight excluding hydrogens is 304 g/mol. The van der Waals surface area contributed by atoms with Crippen LogP contribution in [0.3, 0.4) is 0 Å². The molecule has 4 atom stereocenters. The molecule has 1 aliphatic rings. The van der Waals surface area contributed by atoms with Gasteiger partial charge < -0.3 is 36.1 Å². The number of nitrogen functional groups attached to an aromatic ring is 2. The number of rotatable bonds is 2. The molecule has 0 radical (unpaired) electrons. The molecule has 23 heavy (non-hydrogen) atoms. The highest BCUT2D eigenvalue weighted by molar-refractivity contribution is 5.99. The average molecular weight is 320 g/mol. The van der Waals surface area contributed by atoms with Gasteiger partial charge in [0.1, 0.15) is 29.3 Å². The predicted molar refractivity (Wildman–Crippen MR) is 80.2 cm³/mol. The van der Waals surface area contributed by atoms with Crippen LogP contribution in [0.5, 0.6) is 0 Å². The minimum absolute atomic E-state index is 0.0362. The standard InChI is InChI=1S/C13H16N6O4/c1-13(22)8(21)6(4-20)23-11(13)19-3-5(16-2)7-9(14)17-12(15)18-10(7)19/h3,6,8,11,20-22H,4H2,1H3,(H4,14,15,17,18)/t6-,8?,11-,13+/m1/s1. The lowest BCUT2D eigenvalue weighted by Crippen LogP contribution is -2.44. The quantitative estimate of drug-likeness (QED) is 0.448. The number of anilines is 2. The van der Waals surface area contributed by atoms with Crippen LogP contribution in [0.2, 0.25) is 0 Å². The maximum Gasteiger partial charge on any atom is 0.223 e. The molecule has 0 amide bonds. The molecule has 0 aromatic carbocycles. The molecule has 0 aliphatic carbocycles. The van der Waals surface area contributed by atoms with Crippen molar-refractivity contribution < 1.29 is 20.1 Å². The zero-order valence-corrected chi connectivity index (χ0v) is 12.2. The third-order valence-corrected chi connectivity index (χ3v) is 4.00. The molecule has 1 aliphatic heterocycles. The van der Waals surface area contributed by atoms with Crippen LogP contribution in [0.25, 0.3) is 15.9 Å². The zero-order chi connectivity index (χ0) is 16.9. The molecule has 0 spiro atoms.